The van der Waals surface area contributed by atoms with E-state index in [2.05, 4.69) is 26.0 Å². The van der Waals surface area contributed by atoms with Gasteiger partial charge in [-0.3, -0.25) is 9.80 Å². The summed E-state index contributed by atoms with van der Waals surface area (Å²) < 4.78 is 28.9. The van der Waals surface area contributed by atoms with Crippen LogP contribution in [-0.2, 0) is 6.54 Å². The van der Waals surface area contributed by atoms with Crippen molar-refractivity contribution in [2.24, 2.45) is 10.3 Å². The first-order valence-corrected chi connectivity index (χ1v) is 7.72. The smallest absolute Gasteiger partial charge is 0.276 e. The highest BCUT2D eigenvalue weighted by Gasteiger charge is 2.28. The first kappa shape index (κ1) is 16.9. The molecule has 1 N–H and O–H groups in total. The molecule has 1 aliphatic carbocycles. The summed E-state index contributed by atoms with van der Waals surface area (Å²) in [6.07, 6.45) is 1.82. The van der Waals surface area contributed by atoms with Crippen LogP contribution in [0.25, 0.3) is 0 Å². The number of halogens is 2. The number of nitrogens with one attached hydrogen (secondary N) is 1. The Kier molecular flexibility index (Phi) is 4.68. The molecule has 1 aliphatic rings. The summed E-state index contributed by atoms with van der Waals surface area (Å²) in [4.78, 5) is 12.3. The minimum Gasteiger partial charge on any atom is -0.348 e. The number of nitrogens with zero attached hydrogens (tertiary/aromatic N) is 6. The molecule has 2 aromatic rings. The fourth-order valence-corrected chi connectivity index (χ4v) is 2.11. The molecule has 1 saturated carbocycles. The molecule has 0 saturated heterocycles. The second-order valence-electron chi connectivity index (χ2n) is 5.90. The number of hydrogen-bond donors (Lipinski definition) is 1. The van der Waals surface area contributed by atoms with E-state index in [-0.39, 0.29) is 29.7 Å². The Labute approximate surface area is 142 Å². The number of aromatic nitrogens is 3. The van der Waals surface area contributed by atoms with Gasteiger partial charge in [0.15, 0.2) is 5.69 Å². The zero-order valence-corrected chi connectivity index (χ0v) is 13.8. The average molecular weight is 349 g/mol. The minimum absolute atomic E-state index is 0.0331. The van der Waals surface area contributed by atoms with Gasteiger partial charge >= 0.3 is 0 Å². The normalized spacial score (nSPS) is 14.1. The molecule has 0 atom stereocenters. The monoisotopic (exact) mass is 349 g/mol. The van der Waals surface area contributed by atoms with Crippen LogP contribution in [0, 0.1) is 11.6 Å². The molecule has 1 amide bonds. The molecule has 1 fully saturated rings. The third kappa shape index (κ3) is 3.95. The summed E-state index contributed by atoms with van der Waals surface area (Å²) in [5, 5.41) is 19.6. The van der Waals surface area contributed by atoms with Crippen molar-refractivity contribution in [3.8, 4) is 0 Å². The molecule has 8 nitrogen and oxygen atoms in total. The SMILES string of the molecule is CN(C)/N=N/c1c(C(=O)NC2CC2)nnn1Cc1c(F)cccc1F. The summed E-state index contributed by atoms with van der Waals surface area (Å²) in [6.45, 7) is -0.260. The fraction of sp³-hybridized carbons (Fsp3) is 0.400. The molecular formula is C15H17F2N7O. The van der Waals surface area contributed by atoms with Gasteiger partial charge in [-0.2, -0.15) is 0 Å². The van der Waals surface area contributed by atoms with E-state index in [1.165, 1.54) is 11.1 Å². The van der Waals surface area contributed by atoms with Crippen LogP contribution < -0.4 is 5.32 Å². The van der Waals surface area contributed by atoms with Crippen molar-refractivity contribution in [3.05, 3.63) is 41.1 Å². The van der Waals surface area contributed by atoms with E-state index in [0.717, 1.165) is 29.7 Å². The number of benzene rings is 1. The molecule has 1 aromatic heterocycles. The van der Waals surface area contributed by atoms with Crippen LogP contribution in [0.1, 0.15) is 28.9 Å². The molecule has 0 radical (unpaired) electrons. The van der Waals surface area contributed by atoms with Gasteiger partial charge in [0.1, 0.15) is 11.6 Å². The lowest BCUT2D eigenvalue weighted by Crippen LogP contribution is -2.25. The van der Waals surface area contributed by atoms with Crippen molar-refractivity contribution in [3.63, 3.8) is 0 Å². The molecule has 0 bridgehead atoms. The van der Waals surface area contributed by atoms with E-state index in [1.54, 1.807) is 14.1 Å². The van der Waals surface area contributed by atoms with E-state index in [0.29, 0.717) is 0 Å². The zero-order valence-electron chi connectivity index (χ0n) is 13.8. The highest BCUT2D eigenvalue weighted by atomic mass is 19.1. The Morgan fingerprint density at radius 3 is 2.64 bits per heavy atom. The number of hydrogen-bond acceptors (Lipinski definition) is 5. The Hall–Kier alpha value is -2.91. The lowest BCUT2D eigenvalue weighted by atomic mass is 10.2. The number of carbonyl (C=O) groups excluding carboxylic acids is 1. The van der Waals surface area contributed by atoms with E-state index < -0.39 is 17.5 Å². The van der Waals surface area contributed by atoms with Crippen molar-refractivity contribution in [2.45, 2.75) is 25.4 Å². The summed E-state index contributed by atoms with van der Waals surface area (Å²) in [6, 6.07) is 3.70. The average Bonchev–Trinajstić information content (AvgIpc) is 3.27. The zero-order chi connectivity index (χ0) is 18.0. The molecule has 1 aromatic carbocycles. The van der Waals surface area contributed by atoms with Crippen molar-refractivity contribution in [2.75, 3.05) is 14.1 Å². The van der Waals surface area contributed by atoms with Crippen LogP contribution >= 0.6 is 0 Å². The van der Waals surface area contributed by atoms with E-state index in [4.69, 9.17) is 0 Å². The molecule has 1 heterocycles. The molecule has 0 spiro atoms. The molecule has 10 heteroatoms. The predicted molar refractivity (Wildman–Crippen MR) is 84.2 cm³/mol. The van der Waals surface area contributed by atoms with Gasteiger partial charge in [-0.1, -0.05) is 16.5 Å². The maximum Gasteiger partial charge on any atom is 0.276 e. The van der Waals surface area contributed by atoms with Crippen LogP contribution in [0.2, 0.25) is 0 Å². The molecule has 0 unspecified atom stereocenters. The van der Waals surface area contributed by atoms with Crippen molar-refractivity contribution in [1.29, 1.82) is 0 Å². The van der Waals surface area contributed by atoms with Crippen molar-refractivity contribution < 1.29 is 13.6 Å². The largest absolute Gasteiger partial charge is 0.348 e. The van der Waals surface area contributed by atoms with E-state index in [9.17, 15) is 13.6 Å². The highest BCUT2D eigenvalue weighted by Crippen LogP contribution is 2.24. The quantitative estimate of drug-likeness (QED) is 0.639. The number of amides is 1. The predicted octanol–water partition coefficient (Wildman–Crippen LogP) is 2.06. The topological polar surface area (TPSA) is 87.8 Å². The number of rotatable bonds is 6. The van der Waals surface area contributed by atoms with Crippen LogP contribution in [0.5, 0.6) is 0 Å². The van der Waals surface area contributed by atoms with E-state index in [1.807, 2.05) is 0 Å². The van der Waals surface area contributed by atoms with Gasteiger partial charge in [-0.25, -0.2) is 13.5 Å². The molecule has 0 aliphatic heterocycles. The first-order valence-electron chi connectivity index (χ1n) is 7.72. The Bertz CT molecular complexity index is 794. The van der Waals surface area contributed by atoms with Crippen molar-refractivity contribution >= 4 is 11.7 Å². The van der Waals surface area contributed by atoms with E-state index >= 15 is 0 Å². The van der Waals surface area contributed by atoms with Gasteiger partial charge in [0.25, 0.3) is 5.91 Å². The molecular weight excluding hydrogens is 332 g/mol. The Morgan fingerprint density at radius 1 is 1.36 bits per heavy atom. The third-order valence-corrected chi connectivity index (χ3v) is 3.52. The lowest BCUT2D eigenvalue weighted by Gasteiger charge is -2.07. The third-order valence-electron chi connectivity index (χ3n) is 3.52. The standard InChI is InChI=1S/C15H17F2N7O/c1-23(2)21-20-14-13(15(25)18-9-6-7-9)19-22-24(14)8-10-11(16)4-3-5-12(10)17/h3-5,9H,6-8H2,1-2H3,(H,18,25)/b21-20+. The Morgan fingerprint density at radius 2 is 2.04 bits per heavy atom. The summed E-state index contributed by atoms with van der Waals surface area (Å²) in [5.74, 6) is -1.82. The molecule has 25 heavy (non-hydrogen) atoms. The maximum atomic E-state index is 13.9. The van der Waals surface area contributed by atoms with Crippen LogP contribution in [0.15, 0.2) is 28.5 Å². The minimum atomic E-state index is -0.713. The summed E-state index contributed by atoms with van der Waals surface area (Å²) in [5.41, 5.74) is -0.225. The van der Waals surface area contributed by atoms with Gasteiger partial charge in [0, 0.05) is 25.7 Å². The van der Waals surface area contributed by atoms with Crippen LogP contribution in [-0.4, -0.2) is 46.0 Å². The fourth-order valence-electron chi connectivity index (χ4n) is 2.11. The molecule has 3 rings (SSSR count). The van der Waals surface area contributed by atoms with Crippen LogP contribution in [0.4, 0.5) is 14.6 Å². The second-order valence-corrected chi connectivity index (χ2v) is 5.90. The first-order chi connectivity index (χ1) is 12.0. The van der Waals surface area contributed by atoms with Gasteiger partial charge in [0.2, 0.25) is 5.82 Å². The van der Waals surface area contributed by atoms with Gasteiger partial charge in [-0.05, 0) is 25.0 Å². The molecule has 132 valence electrons. The van der Waals surface area contributed by atoms with Gasteiger partial charge in [-0.15, -0.1) is 10.2 Å². The summed E-state index contributed by atoms with van der Waals surface area (Å²) in [7, 11) is 3.30. The number of carbonyl (C=O) groups is 1. The highest BCUT2D eigenvalue weighted by molar-refractivity contribution is 5.96. The Balaban J connectivity index is 1.94. The van der Waals surface area contributed by atoms with Crippen molar-refractivity contribution in [1.82, 2.24) is 25.3 Å². The maximum absolute atomic E-state index is 13.9. The second kappa shape index (κ2) is 6.91. The lowest BCUT2D eigenvalue weighted by molar-refractivity contribution is 0.0946. The summed E-state index contributed by atoms with van der Waals surface area (Å²) >= 11 is 0. The van der Waals surface area contributed by atoms with Gasteiger partial charge in [0.05, 0.1) is 6.54 Å². The van der Waals surface area contributed by atoms with Gasteiger partial charge < -0.3 is 5.32 Å². The van der Waals surface area contributed by atoms with Crippen LogP contribution in [0.3, 0.4) is 0 Å².